The number of carbonyl (C=O) groups excluding carboxylic acids is 1. The van der Waals surface area contributed by atoms with Gasteiger partial charge in [0.2, 0.25) is 0 Å². The lowest BCUT2D eigenvalue weighted by Gasteiger charge is -2.23. The van der Waals surface area contributed by atoms with Crippen molar-refractivity contribution in [2.24, 2.45) is 11.1 Å². The van der Waals surface area contributed by atoms with Crippen LogP contribution in [0.3, 0.4) is 0 Å². The molecule has 1 saturated heterocycles. The molecule has 1 atom stereocenters. The first-order valence-electron chi connectivity index (χ1n) is 7.07. The lowest BCUT2D eigenvalue weighted by atomic mass is 9.90. The molecule has 4 nitrogen and oxygen atoms in total. The highest BCUT2D eigenvalue weighted by atomic mass is 35.5. The highest BCUT2D eigenvalue weighted by Crippen LogP contribution is 2.31. The monoisotopic (exact) mass is 303 g/mol. The van der Waals surface area contributed by atoms with E-state index in [1.165, 1.54) is 0 Å². The molecule has 21 heavy (non-hydrogen) atoms. The molecule has 2 aromatic rings. The van der Waals surface area contributed by atoms with Gasteiger partial charge in [-0.2, -0.15) is 0 Å². The van der Waals surface area contributed by atoms with Gasteiger partial charge < -0.3 is 10.6 Å². The Morgan fingerprint density at radius 1 is 1.48 bits per heavy atom. The Bertz CT molecular complexity index is 703. The molecule has 0 bridgehead atoms. The minimum Gasteiger partial charge on any atom is -0.338 e. The summed E-state index contributed by atoms with van der Waals surface area (Å²) in [4.78, 5) is 19.0. The number of hydrogen-bond acceptors (Lipinski definition) is 3. The van der Waals surface area contributed by atoms with E-state index in [-0.39, 0.29) is 11.3 Å². The number of likely N-dealkylation sites (tertiary alicyclic amines) is 1. The average molecular weight is 304 g/mol. The van der Waals surface area contributed by atoms with E-state index >= 15 is 0 Å². The maximum atomic E-state index is 12.8. The number of fused-ring (bicyclic) bond motifs is 1. The van der Waals surface area contributed by atoms with Crippen LogP contribution in [0.2, 0.25) is 5.02 Å². The van der Waals surface area contributed by atoms with Crippen molar-refractivity contribution >= 4 is 28.4 Å². The predicted molar refractivity (Wildman–Crippen MR) is 84.4 cm³/mol. The summed E-state index contributed by atoms with van der Waals surface area (Å²) in [5.41, 5.74) is 7.10. The number of halogens is 1. The summed E-state index contributed by atoms with van der Waals surface area (Å²) in [6.45, 7) is 4.15. The number of rotatable bonds is 2. The molecule has 1 aromatic heterocycles. The third kappa shape index (κ3) is 2.49. The quantitative estimate of drug-likeness (QED) is 0.928. The van der Waals surface area contributed by atoms with Crippen LogP contribution in [0, 0.1) is 5.41 Å². The minimum atomic E-state index is 0.00698. The standard InChI is InChI=1S/C16H18ClN3O/c1-16(9-18)6-8-20(10-16)15(21)12-4-5-13(17)11-3-2-7-19-14(11)12/h2-5,7H,6,8-10,18H2,1H3. The first-order chi connectivity index (χ1) is 10.0. The number of amides is 1. The van der Waals surface area contributed by atoms with Gasteiger partial charge in [0.15, 0.2) is 0 Å². The summed E-state index contributed by atoms with van der Waals surface area (Å²) in [6.07, 6.45) is 2.62. The van der Waals surface area contributed by atoms with E-state index in [0.29, 0.717) is 29.2 Å². The van der Waals surface area contributed by atoms with Gasteiger partial charge in [0.05, 0.1) is 16.1 Å². The van der Waals surface area contributed by atoms with Crippen LogP contribution in [0.15, 0.2) is 30.5 Å². The normalized spacial score (nSPS) is 22.0. The fourth-order valence-electron chi connectivity index (χ4n) is 2.84. The van der Waals surface area contributed by atoms with Crippen LogP contribution in [0.1, 0.15) is 23.7 Å². The summed E-state index contributed by atoms with van der Waals surface area (Å²) in [5, 5.41) is 1.42. The molecule has 0 saturated carbocycles. The van der Waals surface area contributed by atoms with E-state index < -0.39 is 0 Å². The van der Waals surface area contributed by atoms with Crippen LogP contribution in [0.25, 0.3) is 10.9 Å². The zero-order valence-electron chi connectivity index (χ0n) is 12.0. The van der Waals surface area contributed by atoms with Crippen molar-refractivity contribution in [2.45, 2.75) is 13.3 Å². The largest absolute Gasteiger partial charge is 0.338 e. The van der Waals surface area contributed by atoms with Crippen molar-refractivity contribution in [2.75, 3.05) is 19.6 Å². The van der Waals surface area contributed by atoms with Crippen molar-refractivity contribution < 1.29 is 4.79 Å². The van der Waals surface area contributed by atoms with Gasteiger partial charge in [-0.3, -0.25) is 9.78 Å². The molecule has 2 heterocycles. The highest BCUT2D eigenvalue weighted by molar-refractivity contribution is 6.36. The molecular weight excluding hydrogens is 286 g/mol. The Hall–Kier alpha value is -1.65. The van der Waals surface area contributed by atoms with Gasteiger partial charge in [0.1, 0.15) is 0 Å². The smallest absolute Gasteiger partial charge is 0.256 e. The first kappa shape index (κ1) is 14.3. The van der Waals surface area contributed by atoms with Crippen molar-refractivity contribution in [3.63, 3.8) is 0 Å². The van der Waals surface area contributed by atoms with Crippen LogP contribution >= 0.6 is 11.6 Å². The number of benzene rings is 1. The third-order valence-corrected chi connectivity index (χ3v) is 4.61. The molecule has 3 rings (SSSR count). The number of pyridine rings is 1. The Morgan fingerprint density at radius 2 is 2.29 bits per heavy atom. The van der Waals surface area contributed by atoms with Gasteiger partial charge in [-0.15, -0.1) is 0 Å². The van der Waals surface area contributed by atoms with E-state index in [1.54, 1.807) is 18.3 Å². The zero-order valence-corrected chi connectivity index (χ0v) is 12.7. The molecule has 1 aliphatic rings. The fourth-order valence-corrected chi connectivity index (χ4v) is 3.06. The summed E-state index contributed by atoms with van der Waals surface area (Å²) in [6, 6.07) is 7.23. The Morgan fingerprint density at radius 3 is 3.00 bits per heavy atom. The molecule has 1 amide bonds. The maximum Gasteiger partial charge on any atom is 0.256 e. The predicted octanol–water partition coefficient (Wildman–Crippen LogP) is 2.70. The minimum absolute atomic E-state index is 0.00698. The van der Waals surface area contributed by atoms with Gasteiger partial charge in [-0.05, 0) is 42.6 Å². The zero-order chi connectivity index (χ0) is 15.0. The number of aromatic nitrogens is 1. The van der Waals surface area contributed by atoms with E-state index in [9.17, 15) is 4.79 Å². The van der Waals surface area contributed by atoms with Gasteiger partial charge in [0, 0.05) is 24.7 Å². The van der Waals surface area contributed by atoms with Crippen LogP contribution in [0.5, 0.6) is 0 Å². The fraction of sp³-hybridized carbons (Fsp3) is 0.375. The summed E-state index contributed by atoms with van der Waals surface area (Å²) < 4.78 is 0. The number of carbonyl (C=O) groups is 1. The molecule has 2 N–H and O–H groups in total. The second-order valence-corrected chi connectivity index (χ2v) is 6.39. The summed E-state index contributed by atoms with van der Waals surface area (Å²) in [5.74, 6) is 0.00698. The van der Waals surface area contributed by atoms with Crippen molar-refractivity contribution in [1.29, 1.82) is 0 Å². The molecule has 0 radical (unpaired) electrons. The molecule has 110 valence electrons. The number of nitrogens with zero attached hydrogens (tertiary/aromatic N) is 2. The Labute approximate surface area is 128 Å². The van der Waals surface area contributed by atoms with Gasteiger partial charge >= 0.3 is 0 Å². The van der Waals surface area contributed by atoms with Crippen LogP contribution < -0.4 is 5.73 Å². The van der Waals surface area contributed by atoms with Gasteiger partial charge in [-0.25, -0.2) is 0 Å². The highest BCUT2D eigenvalue weighted by Gasteiger charge is 2.35. The lowest BCUT2D eigenvalue weighted by Crippen LogP contribution is -2.34. The van der Waals surface area contributed by atoms with Crippen molar-refractivity contribution in [3.05, 3.63) is 41.0 Å². The number of nitrogens with two attached hydrogens (primary N) is 1. The lowest BCUT2D eigenvalue weighted by molar-refractivity contribution is 0.0778. The molecule has 5 heteroatoms. The summed E-state index contributed by atoms with van der Waals surface area (Å²) >= 11 is 6.18. The summed E-state index contributed by atoms with van der Waals surface area (Å²) in [7, 11) is 0. The van der Waals surface area contributed by atoms with Crippen LogP contribution in [-0.4, -0.2) is 35.4 Å². The van der Waals surface area contributed by atoms with E-state index in [0.717, 1.165) is 18.4 Å². The van der Waals surface area contributed by atoms with E-state index in [4.69, 9.17) is 17.3 Å². The van der Waals surface area contributed by atoms with Crippen LogP contribution in [0.4, 0.5) is 0 Å². The number of hydrogen-bond donors (Lipinski definition) is 1. The SMILES string of the molecule is CC1(CN)CCN(C(=O)c2ccc(Cl)c3cccnc23)C1. The van der Waals surface area contributed by atoms with Gasteiger partial charge in [-0.1, -0.05) is 18.5 Å². The molecule has 0 aliphatic carbocycles. The Kier molecular flexibility index (Phi) is 3.59. The van der Waals surface area contributed by atoms with Crippen molar-refractivity contribution in [3.8, 4) is 0 Å². The molecular formula is C16H18ClN3O. The topological polar surface area (TPSA) is 59.2 Å². The molecule has 1 fully saturated rings. The Balaban J connectivity index is 1.98. The van der Waals surface area contributed by atoms with Crippen LogP contribution in [-0.2, 0) is 0 Å². The second kappa shape index (κ2) is 5.28. The molecule has 1 aliphatic heterocycles. The van der Waals surface area contributed by atoms with Crippen molar-refractivity contribution in [1.82, 2.24) is 9.88 Å². The first-order valence-corrected chi connectivity index (χ1v) is 7.44. The molecule has 0 spiro atoms. The second-order valence-electron chi connectivity index (χ2n) is 5.99. The van der Waals surface area contributed by atoms with E-state index in [2.05, 4.69) is 11.9 Å². The van der Waals surface area contributed by atoms with E-state index in [1.807, 2.05) is 17.0 Å². The van der Waals surface area contributed by atoms with Gasteiger partial charge in [0.25, 0.3) is 5.91 Å². The maximum absolute atomic E-state index is 12.8. The third-order valence-electron chi connectivity index (χ3n) is 4.28. The molecule has 1 unspecified atom stereocenters. The average Bonchev–Trinajstić information content (AvgIpc) is 2.91. The molecule has 1 aromatic carbocycles.